The number of benzene rings is 3. The maximum atomic E-state index is 12.5. The van der Waals surface area contributed by atoms with Crippen LogP contribution in [0.1, 0.15) is 15.9 Å². The SMILES string of the molecule is O=C(COc1ccc(Cl)cc1Cl)NNC(=O)c1ccccc1OCCc1ccccc1. The molecule has 0 fully saturated rings. The van der Waals surface area contributed by atoms with Crippen molar-refractivity contribution in [2.75, 3.05) is 13.2 Å². The first kappa shape index (κ1) is 22.5. The van der Waals surface area contributed by atoms with Gasteiger partial charge < -0.3 is 9.47 Å². The number of carbonyl (C=O) groups is 2. The molecule has 0 unspecified atom stereocenters. The van der Waals surface area contributed by atoms with Crippen LogP contribution in [0.5, 0.6) is 11.5 Å². The Labute approximate surface area is 190 Å². The van der Waals surface area contributed by atoms with Crippen molar-refractivity contribution in [1.82, 2.24) is 10.9 Å². The van der Waals surface area contributed by atoms with Crippen LogP contribution >= 0.6 is 23.2 Å². The molecule has 6 nitrogen and oxygen atoms in total. The summed E-state index contributed by atoms with van der Waals surface area (Å²) in [6.07, 6.45) is 0.706. The van der Waals surface area contributed by atoms with E-state index >= 15 is 0 Å². The molecule has 2 N–H and O–H groups in total. The molecule has 0 atom stereocenters. The highest BCUT2D eigenvalue weighted by Gasteiger charge is 2.13. The van der Waals surface area contributed by atoms with E-state index in [-0.39, 0.29) is 11.6 Å². The van der Waals surface area contributed by atoms with Gasteiger partial charge in [-0.1, -0.05) is 65.7 Å². The monoisotopic (exact) mass is 458 g/mol. The van der Waals surface area contributed by atoms with Crippen molar-refractivity contribution in [2.24, 2.45) is 0 Å². The van der Waals surface area contributed by atoms with E-state index in [1.165, 1.54) is 6.07 Å². The number of ether oxygens (including phenoxy) is 2. The average molecular weight is 459 g/mol. The van der Waals surface area contributed by atoms with Crippen molar-refractivity contribution >= 4 is 35.0 Å². The smallest absolute Gasteiger partial charge is 0.276 e. The molecule has 0 heterocycles. The van der Waals surface area contributed by atoms with Gasteiger partial charge in [0.25, 0.3) is 11.8 Å². The van der Waals surface area contributed by atoms with Crippen LogP contribution in [-0.4, -0.2) is 25.0 Å². The summed E-state index contributed by atoms with van der Waals surface area (Å²) in [5.41, 5.74) is 6.10. The van der Waals surface area contributed by atoms with E-state index in [2.05, 4.69) is 10.9 Å². The fourth-order valence-electron chi connectivity index (χ4n) is 2.67. The van der Waals surface area contributed by atoms with Gasteiger partial charge >= 0.3 is 0 Å². The molecule has 0 aliphatic rings. The number of hydrogen-bond acceptors (Lipinski definition) is 4. The molecule has 0 aromatic heterocycles. The van der Waals surface area contributed by atoms with Crippen LogP contribution in [0.15, 0.2) is 72.8 Å². The summed E-state index contributed by atoms with van der Waals surface area (Å²) in [4.78, 5) is 24.5. The second kappa shape index (κ2) is 11.2. The van der Waals surface area contributed by atoms with Gasteiger partial charge in [0.2, 0.25) is 0 Å². The normalized spacial score (nSPS) is 10.3. The van der Waals surface area contributed by atoms with Crippen molar-refractivity contribution in [1.29, 1.82) is 0 Å². The number of rotatable bonds is 8. The molecule has 3 aromatic carbocycles. The van der Waals surface area contributed by atoms with Crippen molar-refractivity contribution < 1.29 is 19.1 Å². The Morgan fingerprint density at radius 2 is 1.55 bits per heavy atom. The number of hydrogen-bond donors (Lipinski definition) is 2. The fraction of sp³-hybridized carbons (Fsp3) is 0.130. The van der Waals surface area contributed by atoms with Crippen LogP contribution in [0.2, 0.25) is 10.0 Å². The third kappa shape index (κ3) is 6.91. The quantitative estimate of drug-likeness (QED) is 0.488. The Kier molecular flexibility index (Phi) is 8.15. The van der Waals surface area contributed by atoms with Gasteiger partial charge in [-0.15, -0.1) is 0 Å². The van der Waals surface area contributed by atoms with E-state index in [9.17, 15) is 9.59 Å². The number of para-hydroxylation sites is 1. The van der Waals surface area contributed by atoms with Crippen molar-refractivity contribution in [3.8, 4) is 11.5 Å². The van der Waals surface area contributed by atoms with Gasteiger partial charge in [-0.05, 0) is 35.9 Å². The zero-order valence-electron chi connectivity index (χ0n) is 16.4. The summed E-state index contributed by atoms with van der Waals surface area (Å²) in [7, 11) is 0. The molecule has 0 bridgehead atoms. The van der Waals surface area contributed by atoms with E-state index in [0.717, 1.165) is 5.56 Å². The molecule has 160 valence electrons. The van der Waals surface area contributed by atoms with Gasteiger partial charge in [0.1, 0.15) is 11.5 Å². The lowest BCUT2D eigenvalue weighted by atomic mass is 10.1. The van der Waals surface area contributed by atoms with Crippen LogP contribution < -0.4 is 20.3 Å². The van der Waals surface area contributed by atoms with Gasteiger partial charge in [0.15, 0.2) is 6.61 Å². The minimum atomic E-state index is -0.554. The first-order valence-electron chi connectivity index (χ1n) is 9.45. The Morgan fingerprint density at radius 3 is 2.32 bits per heavy atom. The molecule has 0 spiro atoms. The minimum Gasteiger partial charge on any atom is -0.492 e. The fourth-order valence-corrected chi connectivity index (χ4v) is 3.13. The summed E-state index contributed by atoms with van der Waals surface area (Å²) in [5.74, 6) is -0.325. The number of carbonyl (C=O) groups excluding carboxylic acids is 2. The van der Waals surface area contributed by atoms with Crippen LogP contribution in [0.3, 0.4) is 0 Å². The standard InChI is InChI=1S/C23H20Cl2N2O4/c24-17-10-11-21(19(25)14-17)31-15-22(28)26-27-23(29)18-8-4-5-9-20(18)30-13-12-16-6-2-1-3-7-16/h1-11,14H,12-13,15H2,(H,26,28)(H,27,29). The molecule has 8 heteroatoms. The van der Waals surface area contributed by atoms with E-state index < -0.39 is 11.8 Å². The van der Waals surface area contributed by atoms with E-state index in [1.54, 1.807) is 36.4 Å². The summed E-state index contributed by atoms with van der Waals surface area (Å²) in [6.45, 7) is 0.0766. The van der Waals surface area contributed by atoms with E-state index in [0.29, 0.717) is 35.1 Å². The molecule has 2 amide bonds. The first-order valence-corrected chi connectivity index (χ1v) is 10.2. The van der Waals surface area contributed by atoms with Crippen LogP contribution in [-0.2, 0) is 11.2 Å². The topological polar surface area (TPSA) is 76.7 Å². The Morgan fingerprint density at radius 1 is 0.806 bits per heavy atom. The largest absolute Gasteiger partial charge is 0.492 e. The highest BCUT2D eigenvalue weighted by atomic mass is 35.5. The second-order valence-corrected chi connectivity index (χ2v) is 7.29. The Balaban J connectivity index is 1.49. The minimum absolute atomic E-state index is 0.283. The molecular formula is C23H20Cl2N2O4. The second-order valence-electron chi connectivity index (χ2n) is 6.45. The predicted molar refractivity (Wildman–Crippen MR) is 120 cm³/mol. The molecule has 31 heavy (non-hydrogen) atoms. The zero-order valence-corrected chi connectivity index (χ0v) is 18.0. The number of halogens is 2. The average Bonchev–Trinajstić information content (AvgIpc) is 2.78. The van der Waals surface area contributed by atoms with Crippen molar-refractivity contribution in [3.63, 3.8) is 0 Å². The van der Waals surface area contributed by atoms with Crippen LogP contribution in [0.25, 0.3) is 0 Å². The molecule has 0 aliphatic heterocycles. The highest BCUT2D eigenvalue weighted by molar-refractivity contribution is 6.35. The third-order valence-corrected chi connectivity index (χ3v) is 4.72. The van der Waals surface area contributed by atoms with Gasteiger partial charge in [-0.25, -0.2) is 0 Å². The van der Waals surface area contributed by atoms with Gasteiger partial charge in [0.05, 0.1) is 17.2 Å². The van der Waals surface area contributed by atoms with Crippen molar-refractivity contribution in [3.05, 3.63) is 94.0 Å². The number of hydrazine groups is 1. The molecule has 0 aliphatic carbocycles. The van der Waals surface area contributed by atoms with Gasteiger partial charge in [0, 0.05) is 11.4 Å². The third-order valence-electron chi connectivity index (χ3n) is 4.19. The maximum Gasteiger partial charge on any atom is 0.276 e. The maximum absolute atomic E-state index is 12.5. The van der Waals surface area contributed by atoms with Crippen LogP contribution in [0, 0.1) is 0 Å². The van der Waals surface area contributed by atoms with E-state index in [1.807, 2.05) is 30.3 Å². The van der Waals surface area contributed by atoms with Gasteiger partial charge in [-0.3, -0.25) is 20.4 Å². The Hall–Kier alpha value is -3.22. The molecule has 0 saturated heterocycles. The lowest BCUT2D eigenvalue weighted by Gasteiger charge is -2.13. The molecule has 3 rings (SSSR count). The zero-order chi connectivity index (χ0) is 22.1. The summed E-state index contributed by atoms with van der Waals surface area (Å²) in [5, 5.41) is 0.740. The lowest BCUT2D eigenvalue weighted by molar-refractivity contribution is -0.123. The Bertz CT molecular complexity index is 1040. The molecule has 0 radical (unpaired) electrons. The number of nitrogens with one attached hydrogen (secondary N) is 2. The van der Waals surface area contributed by atoms with Crippen LogP contribution in [0.4, 0.5) is 0 Å². The molecule has 3 aromatic rings. The predicted octanol–water partition coefficient (Wildman–Crippen LogP) is 4.45. The summed E-state index contributed by atoms with van der Waals surface area (Å²) < 4.78 is 11.1. The van der Waals surface area contributed by atoms with E-state index in [4.69, 9.17) is 32.7 Å². The molecular weight excluding hydrogens is 439 g/mol. The summed E-state index contributed by atoms with van der Waals surface area (Å²) >= 11 is 11.8. The molecule has 0 saturated carbocycles. The lowest BCUT2D eigenvalue weighted by Crippen LogP contribution is -2.44. The number of amides is 2. The highest BCUT2D eigenvalue weighted by Crippen LogP contribution is 2.27. The first-order chi connectivity index (χ1) is 15.0. The van der Waals surface area contributed by atoms with Gasteiger partial charge in [-0.2, -0.15) is 0 Å². The van der Waals surface area contributed by atoms with Crippen molar-refractivity contribution in [2.45, 2.75) is 6.42 Å². The summed E-state index contributed by atoms with van der Waals surface area (Å²) in [6, 6.07) is 21.4.